The fourth-order valence-electron chi connectivity index (χ4n) is 3.83. The van der Waals surface area contributed by atoms with E-state index in [1.807, 2.05) is 6.07 Å². The lowest BCUT2D eigenvalue weighted by Gasteiger charge is -2.27. The van der Waals surface area contributed by atoms with Crippen molar-refractivity contribution in [3.05, 3.63) is 62.3 Å². The molecule has 1 fully saturated rings. The molecule has 1 aromatic heterocycles. The molecule has 0 radical (unpaired) electrons. The third kappa shape index (κ3) is 3.39. The highest BCUT2D eigenvalue weighted by Crippen LogP contribution is 2.41. The van der Waals surface area contributed by atoms with Crippen molar-refractivity contribution in [2.24, 2.45) is 0 Å². The average Bonchev–Trinajstić information content (AvgIpc) is 2.94. The topological polar surface area (TPSA) is 40.5 Å². The van der Waals surface area contributed by atoms with Crippen LogP contribution in [0.2, 0.25) is 0 Å². The van der Waals surface area contributed by atoms with Crippen LogP contribution in [0.3, 0.4) is 0 Å². The van der Waals surface area contributed by atoms with Crippen molar-refractivity contribution in [2.75, 3.05) is 20.1 Å². The lowest BCUT2D eigenvalue weighted by Crippen LogP contribution is -2.27. The van der Waals surface area contributed by atoms with E-state index >= 15 is 0 Å². The Morgan fingerprint density at radius 2 is 1.80 bits per heavy atom. The fraction of sp³-hybridized carbons (Fsp3) is 0.350. The van der Waals surface area contributed by atoms with Crippen LogP contribution in [-0.2, 0) is 12.8 Å². The zero-order valence-corrected chi connectivity index (χ0v) is 15.9. The quantitative estimate of drug-likeness (QED) is 0.798. The van der Waals surface area contributed by atoms with Crippen LogP contribution >= 0.6 is 23.7 Å². The monoisotopic (exact) mass is 375 g/mol. The number of likely N-dealkylation sites (tertiary alicyclic amines) is 1. The molecule has 2 heterocycles. The van der Waals surface area contributed by atoms with E-state index in [0.29, 0.717) is 4.88 Å². The predicted octanol–water partition coefficient (Wildman–Crippen LogP) is 4.49. The van der Waals surface area contributed by atoms with E-state index in [9.17, 15) is 9.90 Å². The van der Waals surface area contributed by atoms with Gasteiger partial charge in [-0.05, 0) is 61.1 Å². The second-order valence-corrected chi connectivity index (χ2v) is 7.83. The first kappa shape index (κ1) is 18.2. The Bertz CT molecular complexity index is 830. The molecule has 132 valence electrons. The molecule has 0 amide bonds. The summed E-state index contributed by atoms with van der Waals surface area (Å²) in [4.78, 5) is 15.5. The lowest BCUT2D eigenvalue weighted by atomic mass is 9.87. The van der Waals surface area contributed by atoms with Crippen molar-refractivity contribution in [1.82, 2.24) is 4.90 Å². The first-order valence-corrected chi connectivity index (χ1v) is 9.30. The Morgan fingerprint density at radius 3 is 2.52 bits per heavy atom. The molecule has 0 bridgehead atoms. The number of aromatic carboxylic acids is 1. The highest BCUT2D eigenvalue weighted by atomic mass is 35.5. The SMILES string of the molecule is CN1CCC(=C2c3ccccc3CCc3sc(C(=O)O)cc32)CC1.Cl. The van der Waals surface area contributed by atoms with Crippen molar-refractivity contribution >= 4 is 35.3 Å². The van der Waals surface area contributed by atoms with Gasteiger partial charge in [0, 0.05) is 18.0 Å². The Hall–Kier alpha value is -1.62. The maximum atomic E-state index is 11.5. The van der Waals surface area contributed by atoms with E-state index in [1.165, 1.54) is 44.1 Å². The molecule has 0 saturated carbocycles. The van der Waals surface area contributed by atoms with Crippen LogP contribution in [0, 0.1) is 0 Å². The summed E-state index contributed by atoms with van der Waals surface area (Å²) >= 11 is 1.45. The summed E-state index contributed by atoms with van der Waals surface area (Å²) in [6, 6.07) is 10.6. The first-order chi connectivity index (χ1) is 11.6. The molecule has 3 nitrogen and oxygen atoms in total. The van der Waals surface area contributed by atoms with Gasteiger partial charge >= 0.3 is 5.97 Å². The third-order valence-electron chi connectivity index (χ3n) is 5.14. The molecule has 5 heteroatoms. The fourth-order valence-corrected chi connectivity index (χ4v) is 4.83. The normalized spacial score (nSPS) is 17.3. The number of rotatable bonds is 1. The molecule has 1 aliphatic heterocycles. The summed E-state index contributed by atoms with van der Waals surface area (Å²) < 4.78 is 0. The molecule has 1 saturated heterocycles. The maximum Gasteiger partial charge on any atom is 0.345 e. The minimum absolute atomic E-state index is 0. The molecular formula is C20H22ClNO2S. The second kappa shape index (κ2) is 7.32. The number of carboxylic acid groups (broad SMARTS) is 1. The molecule has 25 heavy (non-hydrogen) atoms. The molecular weight excluding hydrogens is 354 g/mol. The number of benzene rings is 1. The molecule has 1 aromatic carbocycles. The van der Waals surface area contributed by atoms with E-state index in [0.717, 1.165) is 38.8 Å². The number of carboxylic acids is 1. The van der Waals surface area contributed by atoms with E-state index < -0.39 is 5.97 Å². The Kier molecular flexibility index (Phi) is 5.32. The number of halogens is 1. The highest BCUT2D eigenvalue weighted by molar-refractivity contribution is 7.14. The summed E-state index contributed by atoms with van der Waals surface area (Å²) in [7, 11) is 2.17. The Morgan fingerprint density at radius 1 is 1.08 bits per heavy atom. The molecule has 0 spiro atoms. The summed E-state index contributed by atoms with van der Waals surface area (Å²) in [5.41, 5.74) is 6.67. The van der Waals surface area contributed by atoms with Crippen molar-refractivity contribution in [3.8, 4) is 0 Å². The third-order valence-corrected chi connectivity index (χ3v) is 6.32. The van der Waals surface area contributed by atoms with Gasteiger partial charge in [-0.2, -0.15) is 0 Å². The minimum atomic E-state index is -0.811. The van der Waals surface area contributed by atoms with Gasteiger partial charge in [-0.25, -0.2) is 4.79 Å². The summed E-state index contributed by atoms with van der Waals surface area (Å²) in [5.74, 6) is -0.811. The van der Waals surface area contributed by atoms with Gasteiger partial charge in [0.2, 0.25) is 0 Å². The van der Waals surface area contributed by atoms with Gasteiger partial charge in [0.15, 0.2) is 0 Å². The van der Waals surface area contributed by atoms with E-state index in [4.69, 9.17) is 0 Å². The van der Waals surface area contributed by atoms with Gasteiger partial charge in [0.05, 0.1) is 0 Å². The molecule has 1 aliphatic carbocycles. The number of thiophene rings is 1. The summed E-state index contributed by atoms with van der Waals surface area (Å²) in [6.07, 6.45) is 4.05. The van der Waals surface area contributed by atoms with Crippen LogP contribution in [0.25, 0.3) is 5.57 Å². The largest absolute Gasteiger partial charge is 0.477 e. The molecule has 1 N–H and O–H groups in total. The van der Waals surface area contributed by atoms with Crippen LogP contribution in [0.1, 0.15) is 44.1 Å². The molecule has 4 rings (SSSR count). The van der Waals surface area contributed by atoms with E-state index in [2.05, 4.69) is 36.2 Å². The molecule has 2 aliphatic rings. The van der Waals surface area contributed by atoms with Crippen molar-refractivity contribution < 1.29 is 9.90 Å². The number of fused-ring (bicyclic) bond motifs is 2. The summed E-state index contributed by atoms with van der Waals surface area (Å²) in [5, 5.41) is 9.42. The molecule has 2 aromatic rings. The first-order valence-electron chi connectivity index (χ1n) is 8.48. The van der Waals surface area contributed by atoms with Crippen molar-refractivity contribution in [3.63, 3.8) is 0 Å². The van der Waals surface area contributed by atoms with Crippen LogP contribution < -0.4 is 0 Å². The number of hydrogen-bond acceptors (Lipinski definition) is 3. The van der Waals surface area contributed by atoms with E-state index in [-0.39, 0.29) is 12.4 Å². The van der Waals surface area contributed by atoms with Crippen LogP contribution in [0.15, 0.2) is 35.9 Å². The predicted molar refractivity (Wildman–Crippen MR) is 105 cm³/mol. The minimum Gasteiger partial charge on any atom is -0.477 e. The van der Waals surface area contributed by atoms with Crippen molar-refractivity contribution in [2.45, 2.75) is 25.7 Å². The van der Waals surface area contributed by atoms with Gasteiger partial charge in [-0.1, -0.05) is 29.8 Å². The Balaban J connectivity index is 0.00000182. The standard InChI is InChI=1S/C20H21NO2S.ClH/c1-21-10-8-14(9-11-21)19-15-5-3-2-4-13(15)6-7-17-16(19)12-18(24-17)20(22)23;/h2-5,12H,6-11H2,1H3,(H,22,23);1H. The Labute approximate surface area is 158 Å². The zero-order valence-electron chi connectivity index (χ0n) is 14.2. The molecule has 0 atom stereocenters. The maximum absolute atomic E-state index is 11.5. The van der Waals surface area contributed by atoms with Crippen LogP contribution in [0.5, 0.6) is 0 Å². The smallest absolute Gasteiger partial charge is 0.345 e. The van der Waals surface area contributed by atoms with Crippen LogP contribution in [-0.4, -0.2) is 36.1 Å². The number of hydrogen-bond donors (Lipinski definition) is 1. The second-order valence-electron chi connectivity index (χ2n) is 6.69. The lowest BCUT2D eigenvalue weighted by molar-refractivity contribution is 0.0702. The highest BCUT2D eigenvalue weighted by Gasteiger charge is 2.26. The van der Waals surface area contributed by atoms with Gasteiger partial charge in [-0.3, -0.25) is 0 Å². The summed E-state index contributed by atoms with van der Waals surface area (Å²) in [6.45, 7) is 2.15. The van der Waals surface area contributed by atoms with Crippen LogP contribution in [0.4, 0.5) is 0 Å². The van der Waals surface area contributed by atoms with E-state index in [1.54, 1.807) is 0 Å². The number of piperidine rings is 1. The van der Waals surface area contributed by atoms with Gasteiger partial charge in [0.25, 0.3) is 0 Å². The van der Waals surface area contributed by atoms with Gasteiger partial charge < -0.3 is 10.0 Å². The zero-order chi connectivity index (χ0) is 16.7. The van der Waals surface area contributed by atoms with Crippen molar-refractivity contribution in [1.29, 1.82) is 0 Å². The average molecular weight is 376 g/mol. The number of carbonyl (C=O) groups is 1. The molecule has 0 unspecified atom stereocenters. The number of nitrogens with zero attached hydrogens (tertiary/aromatic N) is 1. The van der Waals surface area contributed by atoms with Gasteiger partial charge in [-0.15, -0.1) is 23.7 Å². The van der Waals surface area contributed by atoms with Gasteiger partial charge in [0.1, 0.15) is 4.88 Å². The number of aryl methyl sites for hydroxylation is 2.